The average molecular weight is 276 g/mol. The maximum absolute atomic E-state index is 5.70. The van der Waals surface area contributed by atoms with Crippen molar-refractivity contribution in [1.29, 1.82) is 0 Å². The molecule has 0 aliphatic rings. The number of nitrogens with zero attached hydrogens (tertiary/aromatic N) is 1. The van der Waals surface area contributed by atoms with Crippen LogP contribution in [0.4, 0.5) is 0 Å². The van der Waals surface area contributed by atoms with E-state index < -0.39 is 0 Å². The highest BCUT2D eigenvalue weighted by Gasteiger charge is 1.99. The maximum atomic E-state index is 5.70. The minimum absolute atomic E-state index is 0.383. The summed E-state index contributed by atoms with van der Waals surface area (Å²) in [6, 6.07) is 7.76. The van der Waals surface area contributed by atoms with Gasteiger partial charge in [0.15, 0.2) is 0 Å². The molecule has 0 aliphatic heterocycles. The molecule has 0 aromatic heterocycles. The molecule has 0 saturated carbocycles. The van der Waals surface area contributed by atoms with Crippen LogP contribution in [-0.4, -0.2) is 51.9 Å². The lowest BCUT2D eigenvalue weighted by Crippen LogP contribution is -2.26. The molecule has 0 fully saturated rings. The number of methoxy groups -OCH3 is 1. The monoisotopic (exact) mass is 276 g/mol. The molecule has 20 heavy (non-hydrogen) atoms. The Morgan fingerprint density at radius 3 is 2.55 bits per heavy atom. The van der Waals surface area contributed by atoms with Crippen LogP contribution in [0.25, 0.3) is 0 Å². The zero-order chi connectivity index (χ0) is 14.6. The largest absolute Gasteiger partial charge is 0.492 e. The highest BCUT2D eigenvalue weighted by Crippen LogP contribution is 2.11. The van der Waals surface area contributed by atoms with E-state index in [1.165, 1.54) is 0 Å². The molecule has 1 aromatic carbocycles. The van der Waals surface area contributed by atoms with E-state index in [1.54, 1.807) is 7.11 Å². The van der Waals surface area contributed by atoms with E-state index in [4.69, 9.17) is 15.2 Å². The van der Waals surface area contributed by atoms with Crippen LogP contribution in [0.5, 0.6) is 5.75 Å². The molecule has 1 aromatic rings. The van der Waals surface area contributed by atoms with Crippen molar-refractivity contribution in [2.45, 2.75) is 6.42 Å². The Bertz CT molecular complexity index is 420. The molecule has 0 spiro atoms. The number of ether oxygens (including phenoxy) is 2. The van der Waals surface area contributed by atoms with Gasteiger partial charge in [0.2, 0.25) is 0 Å². The fraction of sp³-hybridized carbons (Fsp3) is 0.500. The second kappa shape index (κ2) is 10.3. The van der Waals surface area contributed by atoms with Gasteiger partial charge in [-0.3, -0.25) is 0 Å². The van der Waals surface area contributed by atoms with Crippen molar-refractivity contribution in [2.75, 3.05) is 47.0 Å². The Morgan fingerprint density at radius 1 is 1.15 bits per heavy atom. The number of likely N-dealkylation sites (N-methyl/N-ethyl adjacent to an activating group) is 1. The van der Waals surface area contributed by atoms with Gasteiger partial charge in [-0.15, -0.1) is 0 Å². The Labute approximate surface area is 121 Å². The van der Waals surface area contributed by atoms with E-state index in [0.29, 0.717) is 13.2 Å². The number of hydrogen-bond acceptors (Lipinski definition) is 4. The summed E-state index contributed by atoms with van der Waals surface area (Å²) in [6.45, 7) is 3.78. The first-order valence-corrected chi connectivity index (χ1v) is 6.85. The highest BCUT2D eigenvalue weighted by atomic mass is 16.5. The van der Waals surface area contributed by atoms with Gasteiger partial charge in [-0.05, 0) is 37.7 Å². The molecule has 0 unspecified atom stereocenters. The van der Waals surface area contributed by atoms with Crippen molar-refractivity contribution < 1.29 is 9.47 Å². The molecule has 110 valence electrons. The van der Waals surface area contributed by atoms with E-state index in [2.05, 4.69) is 23.8 Å². The minimum Gasteiger partial charge on any atom is -0.492 e. The van der Waals surface area contributed by atoms with Crippen LogP contribution in [0.15, 0.2) is 24.3 Å². The summed E-state index contributed by atoms with van der Waals surface area (Å²) in [4.78, 5) is 2.24. The number of benzene rings is 1. The van der Waals surface area contributed by atoms with Gasteiger partial charge < -0.3 is 20.1 Å². The summed E-state index contributed by atoms with van der Waals surface area (Å²) < 4.78 is 10.7. The summed E-state index contributed by atoms with van der Waals surface area (Å²) in [5.41, 5.74) is 6.29. The topological polar surface area (TPSA) is 47.7 Å². The molecule has 0 aliphatic carbocycles. The lowest BCUT2D eigenvalue weighted by molar-refractivity contribution is 0.172. The Morgan fingerprint density at radius 2 is 1.90 bits per heavy atom. The van der Waals surface area contributed by atoms with Crippen molar-refractivity contribution in [3.63, 3.8) is 0 Å². The van der Waals surface area contributed by atoms with E-state index in [-0.39, 0.29) is 0 Å². The summed E-state index contributed by atoms with van der Waals surface area (Å²) in [6.07, 6.45) is 1.04. The predicted molar refractivity (Wildman–Crippen MR) is 81.9 cm³/mol. The van der Waals surface area contributed by atoms with Gasteiger partial charge in [-0.2, -0.15) is 0 Å². The standard InChI is InChI=1S/C16H24N2O2/c1-18(11-4-13-19-2)12-14-20-16-8-6-15(7-9-16)5-3-10-17/h6-9H,4,10-14,17H2,1-2H3. The second-order valence-electron chi connectivity index (χ2n) is 4.53. The van der Waals surface area contributed by atoms with Crippen LogP contribution in [0, 0.1) is 11.8 Å². The Kier molecular flexibility index (Phi) is 8.48. The van der Waals surface area contributed by atoms with Crippen molar-refractivity contribution >= 4 is 0 Å². The molecule has 1 rings (SSSR count). The SMILES string of the molecule is COCCCN(C)CCOc1ccc(C#CCN)cc1. The van der Waals surface area contributed by atoms with Gasteiger partial charge in [0.1, 0.15) is 12.4 Å². The van der Waals surface area contributed by atoms with Crippen molar-refractivity contribution in [1.82, 2.24) is 4.90 Å². The van der Waals surface area contributed by atoms with Crippen LogP contribution < -0.4 is 10.5 Å². The first-order valence-electron chi connectivity index (χ1n) is 6.85. The number of hydrogen-bond donors (Lipinski definition) is 1. The first kappa shape index (κ1) is 16.5. The minimum atomic E-state index is 0.383. The molecule has 0 saturated heterocycles. The molecule has 0 atom stereocenters. The quantitative estimate of drug-likeness (QED) is 0.575. The van der Waals surface area contributed by atoms with Crippen LogP contribution in [0.3, 0.4) is 0 Å². The lowest BCUT2D eigenvalue weighted by Gasteiger charge is -2.16. The third-order valence-electron chi connectivity index (χ3n) is 2.82. The van der Waals surface area contributed by atoms with Crippen LogP contribution in [0.2, 0.25) is 0 Å². The van der Waals surface area contributed by atoms with E-state index in [1.807, 2.05) is 24.3 Å². The summed E-state index contributed by atoms with van der Waals surface area (Å²) in [5, 5.41) is 0. The fourth-order valence-electron chi connectivity index (χ4n) is 1.70. The zero-order valence-electron chi connectivity index (χ0n) is 12.4. The van der Waals surface area contributed by atoms with Gasteiger partial charge in [-0.1, -0.05) is 11.8 Å². The van der Waals surface area contributed by atoms with Crippen LogP contribution in [0.1, 0.15) is 12.0 Å². The van der Waals surface area contributed by atoms with Crippen LogP contribution in [-0.2, 0) is 4.74 Å². The molecule has 0 radical (unpaired) electrons. The van der Waals surface area contributed by atoms with Gasteiger partial charge >= 0.3 is 0 Å². The first-order chi connectivity index (χ1) is 9.76. The molecule has 4 heteroatoms. The molecule has 0 bridgehead atoms. The van der Waals surface area contributed by atoms with Gasteiger partial charge in [0.05, 0.1) is 6.54 Å². The third-order valence-corrected chi connectivity index (χ3v) is 2.82. The molecule has 4 nitrogen and oxygen atoms in total. The van der Waals surface area contributed by atoms with E-state index in [9.17, 15) is 0 Å². The second-order valence-corrected chi connectivity index (χ2v) is 4.53. The van der Waals surface area contributed by atoms with Crippen molar-refractivity contribution in [2.24, 2.45) is 5.73 Å². The predicted octanol–water partition coefficient (Wildman–Crippen LogP) is 1.34. The number of rotatable bonds is 8. The van der Waals surface area contributed by atoms with E-state index in [0.717, 1.165) is 37.4 Å². The molecule has 0 amide bonds. The zero-order valence-corrected chi connectivity index (χ0v) is 12.4. The molecular weight excluding hydrogens is 252 g/mol. The number of nitrogens with two attached hydrogens (primary N) is 1. The van der Waals surface area contributed by atoms with Crippen molar-refractivity contribution in [3.8, 4) is 17.6 Å². The third kappa shape index (κ3) is 7.15. The molecule has 2 N–H and O–H groups in total. The summed E-state index contributed by atoms with van der Waals surface area (Å²) >= 11 is 0. The lowest BCUT2D eigenvalue weighted by atomic mass is 10.2. The van der Waals surface area contributed by atoms with Gasteiger partial charge in [-0.25, -0.2) is 0 Å². The van der Waals surface area contributed by atoms with Crippen LogP contribution >= 0.6 is 0 Å². The fourth-order valence-corrected chi connectivity index (χ4v) is 1.70. The smallest absolute Gasteiger partial charge is 0.119 e. The van der Waals surface area contributed by atoms with Gasteiger partial charge in [0.25, 0.3) is 0 Å². The average Bonchev–Trinajstić information content (AvgIpc) is 2.47. The molecular formula is C16H24N2O2. The van der Waals surface area contributed by atoms with Crippen molar-refractivity contribution in [3.05, 3.63) is 29.8 Å². The Hall–Kier alpha value is -1.54. The maximum Gasteiger partial charge on any atom is 0.119 e. The van der Waals surface area contributed by atoms with E-state index >= 15 is 0 Å². The summed E-state index contributed by atoms with van der Waals surface area (Å²) in [7, 11) is 3.81. The normalized spacial score (nSPS) is 10.2. The molecule has 0 heterocycles. The summed E-state index contributed by atoms with van der Waals surface area (Å²) in [5.74, 6) is 6.68. The van der Waals surface area contributed by atoms with Gasteiger partial charge in [0, 0.05) is 32.4 Å². The Balaban J connectivity index is 2.24. The highest BCUT2D eigenvalue weighted by molar-refractivity contribution is 5.38.